The number of nitrogens with one attached hydrogen (secondary N) is 1. The van der Waals surface area contributed by atoms with E-state index >= 15 is 0 Å². The SMILES string of the molecule is COc1cc(NCCC(=O)O)nc(-c2ccccn2)n1. The van der Waals surface area contributed by atoms with Crippen molar-refractivity contribution in [3.05, 3.63) is 30.5 Å². The summed E-state index contributed by atoms with van der Waals surface area (Å²) in [6.45, 7) is 0.275. The van der Waals surface area contributed by atoms with Gasteiger partial charge in [0.25, 0.3) is 0 Å². The molecule has 2 aromatic rings. The van der Waals surface area contributed by atoms with Crippen molar-refractivity contribution in [3.63, 3.8) is 0 Å². The smallest absolute Gasteiger partial charge is 0.305 e. The van der Waals surface area contributed by atoms with Crippen LogP contribution in [0.1, 0.15) is 6.42 Å². The maximum atomic E-state index is 10.5. The molecule has 0 aliphatic heterocycles. The Labute approximate surface area is 115 Å². The van der Waals surface area contributed by atoms with Gasteiger partial charge in [-0.15, -0.1) is 0 Å². The summed E-state index contributed by atoms with van der Waals surface area (Å²) in [6.07, 6.45) is 1.65. The standard InChI is InChI=1S/C13H14N4O3/c1-20-11-8-10(15-7-5-12(18)19)16-13(17-11)9-4-2-3-6-14-9/h2-4,6,8H,5,7H2,1H3,(H,18,19)(H,15,16,17). The number of aliphatic carboxylic acids is 1. The number of hydrogen-bond donors (Lipinski definition) is 2. The summed E-state index contributed by atoms with van der Waals surface area (Å²) in [5.74, 6) is 0.434. The molecule has 2 heterocycles. The van der Waals surface area contributed by atoms with Crippen molar-refractivity contribution in [2.75, 3.05) is 19.0 Å². The van der Waals surface area contributed by atoms with Crippen LogP contribution in [0.25, 0.3) is 11.5 Å². The first-order valence-corrected chi connectivity index (χ1v) is 5.99. The van der Waals surface area contributed by atoms with E-state index < -0.39 is 5.97 Å². The van der Waals surface area contributed by atoms with Gasteiger partial charge in [-0.3, -0.25) is 9.78 Å². The van der Waals surface area contributed by atoms with E-state index in [4.69, 9.17) is 9.84 Å². The lowest BCUT2D eigenvalue weighted by atomic mass is 10.3. The minimum Gasteiger partial charge on any atom is -0.481 e. The van der Waals surface area contributed by atoms with Crippen LogP contribution in [0.2, 0.25) is 0 Å². The second-order valence-corrected chi connectivity index (χ2v) is 3.90. The second kappa shape index (κ2) is 6.46. The highest BCUT2D eigenvalue weighted by atomic mass is 16.5. The van der Waals surface area contributed by atoms with Gasteiger partial charge in [-0.05, 0) is 12.1 Å². The first-order valence-electron chi connectivity index (χ1n) is 5.99. The molecule has 0 fully saturated rings. The van der Waals surface area contributed by atoms with E-state index in [1.54, 1.807) is 24.4 Å². The molecule has 0 spiro atoms. The van der Waals surface area contributed by atoms with E-state index in [0.717, 1.165) is 0 Å². The number of aromatic nitrogens is 3. The van der Waals surface area contributed by atoms with Crippen molar-refractivity contribution in [1.29, 1.82) is 0 Å². The summed E-state index contributed by atoms with van der Waals surface area (Å²) >= 11 is 0. The van der Waals surface area contributed by atoms with Crippen molar-refractivity contribution < 1.29 is 14.6 Å². The van der Waals surface area contributed by atoms with Crippen LogP contribution in [-0.4, -0.2) is 39.7 Å². The van der Waals surface area contributed by atoms with Gasteiger partial charge < -0.3 is 15.2 Å². The van der Waals surface area contributed by atoms with E-state index in [1.807, 2.05) is 6.07 Å². The van der Waals surface area contributed by atoms with Gasteiger partial charge in [0.2, 0.25) is 5.88 Å². The molecule has 7 heteroatoms. The normalized spacial score (nSPS) is 10.1. The Morgan fingerprint density at radius 3 is 2.90 bits per heavy atom. The average Bonchev–Trinajstić information content (AvgIpc) is 2.47. The summed E-state index contributed by atoms with van der Waals surface area (Å²) in [7, 11) is 1.51. The zero-order chi connectivity index (χ0) is 14.4. The fraction of sp³-hybridized carbons (Fsp3) is 0.231. The highest BCUT2D eigenvalue weighted by Crippen LogP contribution is 2.19. The Bertz CT molecular complexity index is 589. The van der Waals surface area contributed by atoms with Crippen LogP contribution < -0.4 is 10.1 Å². The predicted octanol–water partition coefficient (Wildman–Crippen LogP) is 1.43. The monoisotopic (exact) mass is 274 g/mol. The van der Waals surface area contributed by atoms with E-state index in [1.165, 1.54) is 7.11 Å². The van der Waals surface area contributed by atoms with Crippen LogP contribution in [-0.2, 0) is 4.79 Å². The fourth-order valence-corrected chi connectivity index (χ4v) is 1.53. The van der Waals surface area contributed by atoms with Gasteiger partial charge in [-0.1, -0.05) is 6.07 Å². The molecule has 2 N–H and O–H groups in total. The summed E-state index contributed by atoms with van der Waals surface area (Å²) in [5.41, 5.74) is 0.618. The number of nitrogens with zero attached hydrogens (tertiary/aromatic N) is 3. The summed E-state index contributed by atoms with van der Waals surface area (Å²) in [4.78, 5) is 23.2. The van der Waals surface area contributed by atoms with Crippen LogP contribution in [0.15, 0.2) is 30.5 Å². The molecule has 2 aromatic heterocycles. The zero-order valence-corrected chi connectivity index (χ0v) is 10.9. The third-order valence-corrected chi connectivity index (χ3v) is 2.45. The van der Waals surface area contributed by atoms with Gasteiger partial charge in [0, 0.05) is 18.8 Å². The second-order valence-electron chi connectivity index (χ2n) is 3.90. The number of carboxylic acids is 1. The molecule has 2 rings (SSSR count). The minimum absolute atomic E-state index is 0.00520. The molecule has 104 valence electrons. The first kappa shape index (κ1) is 13.7. The van der Waals surface area contributed by atoms with Crippen molar-refractivity contribution >= 4 is 11.8 Å². The topological polar surface area (TPSA) is 97.2 Å². The Kier molecular flexibility index (Phi) is 4.43. The molecule has 20 heavy (non-hydrogen) atoms. The third kappa shape index (κ3) is 3.64. The summed E-state index contributed by atoms with van der Waals surface area (Å²) < 4.78 is 5.11. The highest BCUT2D eigenvalue weighted by molar-refractivity contribution is 5.67. The zero-order valence-electron chi connectivity index (χ0n) is 10.9. The van der Waals surface area contributed by atoms with Gasteiger partial charge in [0.05, 0.1) is 13.5 Å². The van der Waals surface area contributed by atoms with Gasteiger partial charge in [0.15, 0.2) is 5.82 Å². The van der Waals surface area contributed by atoms with Gasteiger partial charge in [0.1, 0.15) is 11.5 Å². The number of methoxy groups -OCH3 is 1. The molecule has 0 amide bonds. The number of anilines is 1. The molecule has 0 aliphatic carbocycles. The average molecular weight is 274 g/mol. The van der Waals surface area contributed by atoms with Gasteiger partial charge in [-0.25, -0.2) is 4.98 Å². The maximum absolute atomic E-state index is 10.5. The number of hydrogen-bond acceptors (Lipinski definition) is 6. The molecule has 0 bridgehead atoms. The van der Waals surface area contributed by atoms with Gasteiger partial charge in [-0.2, -0.15) is 4.98 Å². The lowest BCUT2D eigenvalue weighted by Crippen LogP contribution is -2.09. The van der Waals surface area contributed by atoms with Crippen LogP contribution in [0.3, 0.4) is 0 Å². The Morgan fingerprint density at radius 2 is 2.25 bits per heavy atom. The quantitative estimate of drug-likeness (QED) is 0.822. The van der Waals surface area contributed by atoms with E-state index in [9.17, 15) is 4.79 Å². The highest BCUT2D eigenvalue weighted by Gasteiger charge is 2.08. The maximum Gasteiger partial charge on any atom is 0.305 e. The van der Waals surface area contributed by atoms with Crippen LogP contribution in [0.4, 0.5) is 5.82 Å². The molecule has 0 atom stereocenters. The molecular formula is C13H14N4O3. The minimum atomic E-state index is -0.872. The van der Waals surface area contributed by atoms with E-state index in [2.05, 4.69) is 20.3 Å². The molecular weight excluding hydrogens is 260 g/mol. The third-order valence-electron chi connectivity index (χ3n) is 2.45. The molecule has 0 saturated carbocycles. The summed E-state index contributed by atoms with van der Waals surface area (Å²) in [5, 5.41) is 11.5. The fourth-order valence-electron chi connectivity index (χ4n) is 1.53. The largest absolute Gasteiger partial charge is 0.481 e. The van der Waals surface area contributed by atoms with Crippen molar-refractivity contribution in [2.45, 2.75) is 6.42 Å². The molecule has 0 unspecified atom stereocenters. The van der Waals surface area contributed by atoms with E-state index in [-0.39, 0.29) is 13.0 Å². The first-order chi connectivity index (χ1) is 9.69. The number of ether oxygens (including phenoxy) is 1. The molecule has 0 aliphatic rings. The Balaban J connectivity index is 2.22. The lowest BCUT2D eigenvalue weighted by Gasteiger charge is -2.08. The van der Waals surface area contributed by atoms with Crippen LogP contribution in [0.5, 0.6) is 5.88 Å². The molecule has 0 aromatic carbocycles. The van der Waals surface area contributed by atoms with Crippen LogP contribution in [0, 0.1) is 0 Å². The summed E-state index contributed by atoms with van der Waals surface area (Å²) in [6, 6.07) is 7.03. The van der Waals surface area contributed by atoms with E-state index in [0.29, 0.717) is 23.2 Å². The number of carbonyl (C=O) groups is 1. The Morgan fingerprint density at radius 1 is 1.40 bits per heavy atom. The number of rotatable bonds is 6. The number of carboxylic acid groups (broad SMARTS) is 1. The molecule has 0 radical (unpaired) electrons. The van der Waals surface area contributed by atoms with Crippen molar-refractivity contribution in [1.82, 2.24) is 15.0 Å². The predicted molar refractivity (Wildman–Crippen MR) is 72.6 cm³/mol. The van der Waals surface area contributed by atoms with Crippen LogP contribution >= 0.6 is 0 Å². The van der Waals surface area contributed by atoms with Crippen molar-refractivity contribution in [2.24, 2.45) is 0 Å². The Hall–Kier alpha value is -2.70. The lowest BCUT2D eigenvalue weighted by molar-refractivity contribution is -0.136. The van der Waals surface area contributed by atoms with Crippen molar-refractivity contribution in [3.8, 4) is 17.4 Å². The number of pyridine rings is 1. The molecule has 0 saturated heterocycles. The molecule has 7 nitrogen and oxygen atoms in total. The van der Waals surface area contributed by atoms with Gasteiger partial charge >= 0.3 is 5.97 Å².